The van der Waals surface area contributed by atoms with E-state index in [9.17, 15) is 16.8 Å². The van der Waals surface area contributed by atoms with Gasteiger partial charge in [0, 0.05) is 12.1 Å². The Morgan fingerprint density at radius 3 is 1.28 bits per heavy atom. The van der Waals surface area contributed by atoms with Crippen molar-refractivity contribution in [3.8, 4) is 0 Å². The van der Waals surface area contributed by atoms with Crippen molar-refractivity contribution in [1.82, 2.24) is 10.6 Å². The van der Waals surface area contributed by atoms with Gasteiger partial charge in [0.05, 0.1) is 23.0 Å². The summed E-state index contributed by atoms with van der Waals surface area (Å²) in [5.74, 6) is 0.913. The number of aryl methyl sites for hydroxylation is 2. The minimum Gasteiger partial charge on any atom is -0.311 e. The lowest BCUT2D eigenvalue weighted by molar-refractivity contribution is 0.257. The largest absolute Gasteiger partial charge is 0.311 e. The monoisotopic (exact) mass is 538 g/mol. The Morgan fingerprint density at radius 1 is 0.667 bits per heavy atom. The molecule has 2 aromatic carbocycles. The van der Waals surface area contributed by atoms with Gasteiger partial charge >= 0.3 is 0 Å². The summed E-state index contributed by atoms with van der Waals surface area (Å²) >= 11 is 0. The van der Waals surface area contributed by atoms with Crippen LogP contribution in [-0.2, 0) is 28.6 Å². The predicted molar refractivity (Wildman–Crippen MR) is 140 cm³/mol. The van der Waals surface area contributed by atoms with E-state index in [2.05, 4.69) is 24.5 Å². The van der Waals surface area contributed by atoms with Crippen LogP contribution < -0.4 is 10.6 Å². The zero-order valence-corrected chi connectivity index (χ0v) is 23.1. The fraction of sp³-hybridized carbons (Fsp3) is 0.538. The molecule has 2 aliphatic rings. The lowest BCUT2D eigenvalue weighted by Crippen LogP contribution is -2.32. The van der Waals surface area contributed by atoms with Gasteiger partial charge in [0.1, 0.15) is 0 Å². The maximum atomic E-state index is 12.0. The van der Waals surface area contributed by atoms with Crippen LogP contribution in [0.25, 0.3) is 0 Å². The Bertz CT molecular complexity index is 1090. The van der Waals surface area contributed by atoms with E-state index in [1.165, 1.54) is 0 Å². The van der Waals surface area contributed by atoms with Crippen molar-refractivity contribution in [2.24, 2.45) is 11.8 Å². The highest BCUT2D eigenvalue weighted by Crippen LogP contribution is 2.19. The first-order valence-corrected chi connectivity index (χ1v) is 15.2. The Morgan fingerprint density at radius 2 is 1.00 bits per heavy atom. The molecule has 200 valence electrons. The van der Waals surface area contributed by atoms with Gasteiger partial charge < -0.3 is 10.6 Å². The quantitative estimate of drug-likeness (QED) is 0.492. The fourth-order valence-corrected chi connectivity index (χ4v) is 5.98. The lowest BCUT2D eigenvalue weighted by Gasteiger charge is -2.15. The molecule has 0 spiro atoms. The lowest BCUT2D eigenvalue weighted by atomic mass is 10.1. The number of benzene rings is 2. The average molecular weight is 539 g/mol. The second kappa shape index (κ2) is 12.6. The Balaban J connectivity index is 0.000000201. The maximum Gasteiger partial charge on any atom is 0.297 e. The van der Waals surface area contributed by atoms with Gasteiger partial charge in [-0.3, -0.25) is 8.37 Å². The van der Waals surface area contributed by atoms with Gasteiger partial charge in [-0.2, -0.15) is 16.8 Å². The van der Waals surface area contributed by atoms with Crippen molar-refractivity contribution in [2.45, 2.75) is 62.4 Å². The topological polar surface area (TPSA) is 111 Å². The molecule has 4 rings (SSSR count). The molecule has 2 fully saturated rings. The molecule has 2 heterocycles. The Labute approximate surface area is 216 Å². The number of nitrogens with one attached hydrogen (secondary N) is 2. The third-order valence-corrected chi connectivity index (χ3v) is 9.40. The molecule has 0 amide bonds. The van der Waals surface area contributed by atoms with Crippen LogP contribution in [0, 0.1) is 25.7 Å². The highest BCUT2D eigenvalue weighted by atomic mass is 32.2. The first kappa shape index (κ1) is 28.7. The molecule has 0 radical (unpaired) electrons. The summed E-state index contributed by atoms with van der Waals surface area (Å²) in [5, 5.41) is 6.50. The Hall–Kier alpha value is -1.82. The van der Waals surface area contributed by atoms with Gasteiger partial charge in [0.2, 0.25) is 0 Å². The van der Waals surface area contributed by atoms with E-state index in [0.717, 1.165) is 37.1 Å². The highest BCUT2D eigenvalue weighted by molar-refractivity contribution is 7.87. The third kappa shape index (κ3) is 8.09. The summed E-state index contributed by atoms with van der Waals surface area (Å²) in [7, 11) is -7.26. The van der Waals surface area contributed by atoms with Gasteiger partial charge in [-0.25, -0.2) is 0 Å². The van der Waals surface area contributed by atoms with E-state index in [4.69, 9.17) is 8.37 Å². The molecular weight excluding hydrogens is 500 g/mol. The molecule has 0 saturated carbocycles. The zero-order valence-electron chi connectivity index (χ0n) is 21.4. The van der Waals surface area contributed by atoms with Crippen LogP contribution in [0.4, 0.5) is 0 Å². The summed E-state index contributed by atoms with van der Waals surface area (Å²) in [6.07, 6.45) is 2.14. The minimum atomic E-state index is -3.63. The molecule has 0 aromatic heterocycles. The van der Waals surface area contributed by atoms with Crippen LogP contribution in [-0.4, -0.2) is 55.2 Å². The number of hydrogen-bond acceptors (Lipinski definition) is 8. The van der Waals surface area contributed by atoms with E-state index in [1.807, 2.05) is 13.8 Å². The van der Waals surface area contributed by atoms with Gasteiger partial charge in [0.25, 0.3) is 20.2 Å². The van der Waals surface area contributed by atoms with Crippen molar-refractivity contribution in [3.63, 3.8) is 0 Å². The average Bonchev–Trinajstić information content (AvgIpc) is 3.45. The molecule has 2 N–H and O–H groups in total. The molecule has 2 aliphatic heterocycles. The summed E-state index contributed by atoms with van der Waals surface area (Å²) < 4.78 is 58.1. The van der Waals surface area contributed by atoms with Crippen LogP contribution in [0.1, 0.15) is 37.8 Å². The molecule has 0 unspecified atom stereocenters. The van der Waals surface area contributed by atoms with Crippen molar-refractivity contribution < 1.29 is 25.2 Å². The molecule has 0 bridgehead atoms. The molecule has 8 nitrogen and oxygen atoms in total. The van der Waals surface area contributed by atoms with Crippen LogP contribution in [0.5, 0.6) is 0 Å². The normalized spacial score (nSPS) is 24.3. The van der Waals surface area contributed by atoms with Gasteiger partial charge in [-0.05, 0) is 75.9 Å². The van der Waals surface area contributed by atoms with E-state index in [1.54, 1.807) is 48.5 Å². The van der Waals surface area contributed by atoms with E-state index in [0.29, 0.717) is 11.8 Å². The molecule has 10 heteroatoms. The summed E-state index contributed by atoms with van der Waals surface area (Å²) in [6.45, 7) is 10.3. The van der Waals surface area contributed by atoms with Crippen molar-refractivity contribution in [3.05, 3.63) is 59.7 Å². The summed E-state index contributed by atoms with van der Waals surface area (Å²) in [5.41, 5.74) is 2.06. The highest BCUT2D eigenvalue weighted by Gasteiger charge is 2.27. The molecule has 2 saturated heterocycles. The second-order valence-corrected chi connectivity index (χ2v) is 13.0. The van der Waals surface area contributed by atoms with Crippen molar-refractivity contribution in [2.75, 3.05) is 26.3 Å². The molecular formula is C26H38N2O6S2. The van der Waals surface area contributed by atoms with Gasteiger partial charge in [-0.1, -0.05) is 49.2 Å². The van der Waals surface area contributed by atoms with Crippen molar-refractivity contribution in [1.29, 1.82) is 0 Å². The van der Waals surface area contributed by atoms with Crippen molar-refractivity contribution >= 4 is 20.2 Å². The fourth-order valence-electron chi connectivity index (χ4n) is 4.12. The predicted octanol–water partition coefficient (Wildman–Crippen LogP) is 3.40. The molecule has 0 aliphatic carbocycles. The summed E-state index contributed by atoms with van der Waals surface area (Å²) in [4.78, 5) is 0.442. The van der Waals surface area contributed by atoms with Crippen LogP contribution in [0.3, 0.4) is 0 Å². The first-order chi connectivity index (χ1) is 17.0. The smallest absolute Gasteiger partial charge is 0.297 e. The SMILES string of the molecule is Cc1ccc(S(=O)(=O)OC[C@@H]2NCC[C@@H]2C)cc1.Cc1ccc(S(=O)(=O)OC[C@H]2NCC[C@H]2C)cc1. The van der Waals surface area contributed by atoms with Crippen LogP contribution in [0.2, 0.25) is 0 Å². The van der Waals surface area contributed by atoms with Crippen LogP contribution in [0.15, 0.2) is 58.3 Å². The standard InChI is InChI=1S/2C13H19NO3S/c2*1-10-3-5-12(6-4-10)18(15,16)17-9-13-11(2)7-8-14-13/h2*3-6,11,13-14H,7-9H2,1-2H3/t2*11-,13-/m10/s1. The van der Waals surface area contributed by atoms with Gasteiger partial charge in [-0.15, -0.1) is 0 Å². The molecule has 2 aromatic rings. The van der Waals surface area contributed by atoms with E-state index in [-0.39, 0.29) is 35.1 Å². The first-order valence-electron chi connectivity index (χ1n) is 12.4. The number of rotatable bonds is 8. The third-order valence-electron chi connectivity index (χ3n) is 6.81. The van der Waals surface area contributed by atoms with E-state index >= 15 is 0 Å². The zero-order chi connectivity index (χ0) is 26.3. The van der Waals surface area contributed by atoms with Crippen LogP contribution >= 0.6 is 0 Å². The Kier molecular flexibility index (Phi) is 10.1. The van der Waals surface area contributed by atoms with Gasteiger partial charge in [0.15, 0.2) is 0 Å². The maximum absolute atomic E-state index is 12.0. The van der Waals surface area contributed by atoms with E-state index < -0.39 is 20.2 Å². The number of hydrogen-bond donors (Lipinski definition) is 2. The molecule has 4 atom stereocenters. The molecule has 36 heavy (non-hydrogen) atoms. The summed E-state index contributed by atoms with van der Waals surface area (Å²) in [6, 6.07) is 13.7. The minimum absolute atomic E-state index is 0.130. The second-order valence-electron chi connectivity index (χ2n) is 9.76.